The second-order valence-corrected chi connectivity index (χ2v) is 6.02. The molecule has 2 atom stereocenters. The average molecular weight is 334 g/mol. The summed E-state index contributed by atoms with van der Waals surface area (Å²) in [4.78, 5) is 28.1. The third-order valence-corrected chi connectivity index (χ3v) is 4.19. The van der Waals surface area contributed by atoms with Crippen LogP contribution in [0.3, 0.4) is 0 Å². The summed E-state index contributed by atoms with van der Waals surface area (Å²) >= 11 is 0. The number of ether oxygens (including phenoxy) is 1. The molecule has 132 valence electrons. The van der Waals surface area contributed by atoms with Crippen LogP contribution < -0.4 is 0 Å². The molecule has 0 aromatic heterocycles. The molecule has 1 aliphatic heterocycles. The molecule has 6 nitrogen and oxygen atoms in total. The summed E-state index contributed by atoms with van der Waals surface area (Å²) in [6.07, 6.45) is -0.128. The highest BCUT2D eigenvalue weighted by Gasteiger charge is 2.41. The first-order chi connectivity index (χ1) is 11.6. The topological polar surface area (TPSA) is 70.1 Å². The van der Waals surface area contributed by atoms with Gasteiger partial charge in [-0.1, -0.05) is 37.3 Å². The maximum Gasteiger partial charge on any atom is 0.410 e. The number of amides is 2. The molecule has 6 heteroatoms. The van der Waals surface area contributed by atoms with Crippen LogP contribution in [0.5, 0.6) is 0 Å². The summed E-state index contributed by atoms with van der Waals surface area (Å²) in [6.45, 7) is 5.44. The van der Waals surface area contributed by atoms with Crippen molar-refractivity contribution in [1.29, 1.82) is 0 Å². The van der Waals surface area contributed by atoms with Gasteiger partial charge >= 0.3 is 6.09 Å². The van der Waals surface area contributed by atoms with E-state index in [1.165, 1.54) is 4.90 Å². The van der Waals surface area contributed by atoms with Gasteiger partial charge in [0.05, 0.1) is 12.6 Å². The van der Waals surface area contributed by atoms with Crippen LogP contribution in [-0.4, -0.2) is 58.7 Å². The van der Waals surface area contributed by atoms with Crippen LogP contribution in [0.25, 0.3) is 0 Å². The maximum atomic E-state index is 12.7. The van der Waals surface area contributed by atoms with E-state index in [1.54, 1.807) is 4.90 Å². The molecule has 0 aliphatic carbocycles. The molecular formula is C18H26N2O4. The fourth-order valence-corrected chi connectivity index (χ4v) is 2.96. The third kappa shape index (κ3) is 4.47. The summed E-state index contributed by atoms with van der Waals surface area (Å²) in [5, 5.41) is 9.92. The molecule has 1 aromatic carbocycles. The zero-order valence-corrected chi connectivity index (χ0v) is 14.4. The lowest BCUT2D eigenvalue weighted by molar-refractivity contribution is -0.135. The first kappa shape index (κ1) is 18.3. The van der Waals surface area contributed by atoms with E-state index in [9.17, 15) is 14.7 Å². The zero-order chi connectivity index (χ0) is 17.5. The van der Waals surface area contributed by atoms with Crippen molar-refractivity contribution in [2.24, 2.45) is 0 Å². The number of carbonyl (C=O) groups is 2. The lowest BCUT2D eigenvalue weighted by Gasteiger charge is -2.28. The van der Waals surface area contributed by atoms with Crippen LogP contribution in [-0.2, 0) is 16.1 Å². The number of benzene rings is 1. The minimum Gasteiger partial charge on any atom is -0.445 e. The van der Waals surface area contributed by atoms with Gasteiger partial charge in [-0.05, 0) is 18.9 Å². The van der Waals surface area contributed by atoms with Crippen LogP contribution in [0, 0.1) is 0 Å². The van der Waals surface area contributed by atoms with Gasteiger partial charge in [0.1, 0.15) is 12.6 Å². The molecule has 1 unspecified atom stereocenters. The Labute approximate surface area is 143 Å². The molecule has 0 spiro atoms. The smallest absolute Gasteiger partial charge is 0.410 e. The van der Waals surface area contributed by atoms with E-state index in [-0.39, 0.29) is 25.5 Å². The van der Waals surface area contributed by atoms with E-state index in [1.807, 2.05) is 44.2 Å². The van der Waals surface area contributed by atoms with E-state index in [0.717, 1.165) is 12.0 Å². The highest BCUT2D eigenvalue weighted by molar-refractivity contribution is 5.86. The summed E-state index contributed by atoms with van der Waals surface area (Å²) in [5.41, 5.74) is 0.884. The van der Waals surface area contributed by atoms with Crippen LogP contribution in [0.2, 0.25) is 0 Å². The van der Waals surface area contributed by atoms with Crippen molar-refractivity contribution in [3.8, 4) is 0 Å². The molecule has 1 heterocycles. The van der Waals surface area contributed by atoms with Gasteiger partial charge in [-0.3, -0.25) is 9.69 Å². The number of hydrogen-bond donors (Lipinski definition) is 1. The van der Waals surface area contributed by atoms with Gasteiger partial charge in [-0.2, -0.15) is 0 Å². The standard InChI is InChI=1S/C18H26N2O4/c1-3-10-19(4-2)17(22)16-11-15(21)12-20(16)18(23)24-13-14-8-6-5-7-9-14/h5-9,15-16,21H,3-4,10-13H2,1-2H3/t15?,16-/m0/s1. The van der Waals surface area contributed by atoms with Gasteiger partial charge < -0.3 is 14.7 Å². The second-order valence-electron chi connectivity index (χ2n) is 6.02. The molecule has 1 N–H and O–H groups in total. The molecule has 1 fully saturated rings. The molecule has 1 saturated heterocycles. The fraction of sp³-hybridized carbons (Fsp3) is 0.556. The van der Waals surface area contributed by atoms with Crippen molar-refractivity contribution in [1.82, 2.24) is 9.80 Å². The van der Waals surface area contributed by atoms with Crippen molar-refractivity contribution in [3.05, 3.63) is 35.9 Å². The van der Waals surface area contributed by atoms with Gasteiger partial charge in [0.2, 0.25) is 5.91 Å². The molecule has 1 aromatic rings. The van der Waals surface area contributed by atoms with Gasteiger partial charge in [0.25, 0.3) is 0 Å². The normalized spacial score (nSPS) is 20.0. The van der Waals surface area contributed by atoms with Crippen molar-refractivity contribution < 1.29 is 19.4 Å². The van der Waals surface area contributed by atoms with E-state index in [4.69, 9.17) is 4.74 Å². The molecule has 0 bridgehead atoms. The van der Waals surface area contributed by atoms with Gasteiger partial charge in [0, 0.05) is 19.5 Å². The molecule has 0 radical (unpaired) electrons. The van der Waals surface area contributed by atoms with Crippen molar-refractivity contribution in [2.45, 2.75) is 45.4 Å². The van der Waals surface area contributed by atoms with Gasteiger partial charge in [-0.15, -0.1) is 0 Å². The molecular weight excluding hydrogens is 308 g/mol. The number of hydrogen-bond acceptors (Lipinski definition) is 4. The van der Waals surface area contributed by atoms with Crippen molar-refractivity contribution in [2.75, 3.05) is 19.6 Å². The Hall–Kier alpha value is -2.08. The number of rotatable bonds is 6. The quantitative estimate of drug-likeness (QED) is 0.864. The Morgan fingerprint density at radius 3 is 2.62 bits per heavy atom. The number of aliphatic hydroxyl groups excluding tert-OH is 1. The van der Waals surface area contributed by atoms with Crippen LogP contribution >= 0.6 is 0 Å². The Morgan fingerprint density at radius 1 is 1.29 bits per heavy atom. The van der Waals surface area contributed by atoms with E-state index >= 15 is 0 Å². The fourth-order valence-electron chi connectivity index (χ4n) is 2.96. The first-order valence-corrected chi connectivity index (χ1v) is 8.51. The minimum absolute atomic E-state index is 0.118. The Bertz CT molecular complexity index is 549. The average Bonchev–Trinajstić information content (AvgIpc) is 2.99. The SMILES string of the molecule is CCCN(CC)C(=O)[C@@H]1CC(O)CN1C(=O)OCc1ccccc1. The monoisotopic (exact) mass is 334 g/mol. The second kappa shape index (κ2) is 8.68. The maximum absolute atomic E-state index is 12.7. The lowest BCUT2D eigenvalue weighted by atomic mass is 10.1. The number of aliphatic hydroxyl groups is 1. The van der Waals surface area contributed by atoms with Crippen molar-refractivity contribution in [3.63, 3.8) is 0 Å². The lowest BCUT2D eigenvalue weighted by Crippen LogP contribution is -2.48. The summed E-state index contributed by atoms with van der Waals surface area (Å²) in [7, 11) is 0. The number of carbonyl (C=O) groups excluding carboxylic acids is 2. The van der Waals surface area contributed by atoms with Crippen molar-refractivity contribution >= 4 is 12.0 Å². The highest BCUT2D eigenvalue weighted by Crippen LogP contribution is 2.21. The van der Waals surface area contributed by atoms with Crippen LogP contribution in [0.1, 0.15) is 32.3 Å². The van der Waals surface area contributed by atoms with E-state index in [0.29, 0.717) is 13.1 Å². The minimum atomic E-state index is -0.691. The third-order valence-electron chi connectivity index (χ3n) is 4.19. The molecule has 1 aliphatic rings. The Balaban J connectivity index is 2.00. The summed E-state index contributed by atoms with van der Waals surface area (Å²) in [5.74, 6) is -0.118. The summed E-state index contributed by atoms with van der Waals surface area (Å²) in [6, 6.07) is 8.74. The number of likely N-dealkylation sites (N-methyl/N-ethyl adjacent to an activating group) is 1. The van der Waals surface area contributed by atoms with Gasteiger partial charge in [0.15, 0.2) is 0 Å². The van der Waals surface area contributed by atoms with Crippen LogP contribution in [0.15, 0.2) is 30.3 Å². The molecule has 2 rings (SSSR count). The Morgan fingerprint density at radius 2 is 2.00 bits per heavy atom. The van der Waals surface area contributed by atoms with Crippen LogP contribution in [0.4, 0.5) is 4.79 Å². The number of nitrogens with zero attached hydrogens (tertiary/aromatic N) is 2. The zero-order valence-electron chi connectivity index (χ0n) is 14.4. The predicted octanol–water partition coefficient (Wildman–Crippen LogP) is 2.02. The predicted molar refractivity (Wildman–Crippen MR) is 90.3 cm³/mol. The number of likely N-dealkylation sites (tertiary alicyclic amines) is 1. The van der Waals surface area contributed by atoms with Gasteiger partial charge in [-0.25, -0.2) is 4.79 Å². The summed E-state index contributed by atoms with van der Waals surface area (Å²) < 4.78 is 5.32. The Kier molecular flexibility index (Phi) is 6.61. The highest BCUT2D eigenvalue weighted by atomic mass is 16.6. The number of β-amino-alcohol motifs (C(OH)–C–C–N with tert-alkyl or cyclic N) is 1. The molecule has 0 saturated carbocycles. The van der Waals surface area contributed by atoms with E-state index < -0.39 is 18.2 Å². The largest absolute Gasteiger partial charge is 0.445 e. The molecule has 2 amide bonds. The molecule has 24 heavy (non-hydrogen) atoms. The first-order valence-electron chi connectivity index (χ1n) is 8.51. The van der Waals surface area contributed by atoms with E-state index in [2.05, 4.69) is 0 Å².